The quantitative estimate of drug-likeness (QED) is 0.726. The van der Waals surface area contributed by atoms with Crippen molar-refractivity contribution in [3.05, 3.63) is 52.8 Å². The van der Waals surface area contributed by atoms with Crippen LogP contribution >= 0.6 is 0 Å². The van der Waals surface area contributed by atoms with Crippen LogP contribution in [0.2, 0.25) is 0 Å². The molecule has 8 nitrogen and oxygen atoms in total. The van der Waals surface area contributed by atoms with Crippen LogP contribution in [0.15, 0.2) is 47.3 Å². The Morgan fingerprint density at radius 3 is 2.52 bits per heavy atom. The van der Waals surface area contributed by atoms with E-state index in [0.717, 1.165) is 23.1 Å². The second-order valence-corrected chi connectivity index (χ2v) is 7.05. The molecule has 2 amide bonds. The van der Waals surface area contributed by atoms with Gasteiger partial charge in [0.15, 0.2) is 0 Å². The van der Waals surface area contributed by atoms with Crippen molar-refractivity contribution in [3.63, 3.8) is 0 Å². The number of aromatic nitrogens is 2. The van der Waals surface area contributed by atoms with Crippen molar-refractivity contribution in [1.29, 1.82) is 0 Å². The van der Waals surface area contributed by atoms with Gasteiger partial charge in [0.1, 0.15) is 12.6 Å². The van der Waals surface area contributed by atoms with Gasteiger partial charge in [-0.1, -0.05) is 30.3 Å². The first-order valence-electron chi connectivity index (χ1n) is 9.92. The van der Waals surface area contributed by atoms with Gasteiger partial charge in [-0.15, -0.1) is 0 Å². The van der Waals surface area contributed by atoms with Crippen molar-refractivity contribution < 1.29 is 14.3 Å². The third-order valence-electron chi connectivity index (χ3n) is 4.86. The van der Waals surface area contributed by atoms with Gasteiger partial charge in [0, 0.05) is 24.2 Å². The molecule has 29 heavy (non-hydrogen) atoms. The summed E-state index contributed by atoms with van der Waals surface area (Å²) >= 11 is 0. The van der Waals surface area contributed by atoms with Gasteiger partial charge in [0.25, 0.3) is 5.56 Å². The molecule has 0 spiro atoms. The van der Waals surface area contributed by atoms with Gasteiger partial charge in [-0.05, 0) is 38.7 Å². The molecule has 0 unspecified atom stereocenters. The Labute approximate surface area is 169 Å². The van der Waals surface area contributed by atoms with Crippen molar-refractivity contribution in [1.82, 2.24) is 20.4 Å². The standard InChI is InChI=1S/C21H26N4O4/c1-2-22-21(28)23-16-8-10-17(11-9-16)29-20(27)14-25-19(26)13-12-18(24-25)15-6-4-3-5-7-15/h3-7,12-13,16-17H,2,8-11,14H2,1H3,(H2,22,23,28). The topological polar surface area (TPSA) is 102 Å². The molecule has 2 N–H and O–H groups in total. The van der Waals surface area contributed by atoms with Crippen molar-refractivity contribution >= 4 is 12.0 Å². The number of benzene rings is 1. The molecule has 0 aliphatic heterocycles. The van der Waals surface area contributed by atoms with Crippen LogP contribution in [0.3, 0.4) is 0 Å². The van der Waals surface area contributed by atoms with Crippen LogP contribution in [0.1, 0.15) is 32.6 Å². The largest absolute Gasteiger partial charge is 0.461 e. The minimum absolute atomic E-state index is 0.0864. The number of rotatable bonds is 6. The van der Waals surface area contributed by atoms with Gasteiger partial charge in [0.2, 0.25) is 0 Å². The molecule has 1 aliphatic carbocycles. The Bertz CT molecular complexity index is 889. The summed E-state index contributed by atoms with van der Waals surface area (Å²) in [6.45, 7) is 2.22. The molecule has 1 aromatic carbocycles. The van der Waals surface area contributed by atoms with Gasteiger partial charge in [-0.2, -0.15) is 5.10 Å². The highest BCUT2D eigenvalue weighted by molar-refractivity contribution is 5.74. The molecule has 1 heterocycles. The fourth-order valence-corrected chi connectivity index (χ4v) is 3.39. The molecular weight excluding hydrogens is 372 g/mol. The van der Waals surface area contributed by atoms with E-state index in [2.05, 4.69) is 15.7 Å². The van der Waals surface area contributed by atoms with E-state index in [1.54, 1.807) is 6.07 Å². The minimum atomic E-state index is -0.482. The molecule has 1 aromatic heterocycles. The first-order valence-corrected chi connectivity index (χ1v) is 9.92. The van der Waals surface area contributed by atoms with E-state index in [-0.39, 0.29) is 30.3 Å². The highest BCUT2D eigenvalue weighted by Crippen LogP contribution is 2.21. The average molecular weight is 398 g/mol. The number of nitrogens with one attached hydrogen (secondary N) is 2. The summed E-state index contributed by atoms with van der Waals surface area (Å²) in [6, 6.07) is 12.4. The summed E-state index contributed by atoms with van der Waals surface area (Å²) in [6.07, 6.45) is 2.64. The maximum absolute atomic E-state index is 12.3. The lowest BCUT2D eigenvalue weighted by Crippen LogP contribution is -2.44. The number of urea groups is 1. The van der Waals surface area contributed by atoms with E-state index < -0.39 is 5.97 Å². The highest BCUT2D eigenvalue weighted by Gasteiger charge is 2.25. The number of esters is 1. The first-order chi connectivity index (χ1) is 14.0. The molecule has 0 atom stereocenters. The molecule has 2 aromatic rings. The number of amides is 2. The van der Waals surface area contributed by atoms with E-state index in [9.17, 15) is 14.4 Å². The van der Waals surface area contributed by atoms with E-state index in [1.807, 2.05) is 37.3 Å². The molecule has 8 heteroatoms. The first kappa shape index (κ1) is 20.6. The summed E-state index contributed by atoms with van der Waals surface area (Å²) in [5.74, 6) is -0.482. The average Bonchev–Trinajstić information content (AvgIpc) is 2.72. The smallest absolute Gasteiger partial charge is 0.328 e. The summed E-state index contributed by atoms with van der Waals surface area (Å²) in [4.78, 5) is 36.0. The molecule has 0 saturated heterocycles. The SMILES string of the molecule is CCNC(=O)NC1CCC(OC(=O)Cn2nc(-c3ccccc3)ccc2=O)CC1. The molecule has 0 radical (unpaired) electrons. The van der Waals surface area contributed by atoms with Crippen LogP contribution in [-0.4, -0.2) is 40.5 Å². The Balaban J connectivity index is 1.53. The normalized spacial score (nSPS) is 18.7. The number of ether oxygens (including phenoxy) is 1. The van der Waals surface area contributed by atoms with Crippen molar-refractivity contribution in [2.24, 2.45) is 0 Å². The van der Waals surface area contributed by atoms with E-state index in [4.69, 9.17) is 4.74 Å². The van der Waals surface area contributed by atoms with Crippen LogP contribution in [0.5, 0.6) is 0 Å². The van der Waals surface area contributed by atoms with Crippen LogP contribution in [0, 0.1) is 0 Å². The monoisotopic (exact) mass is 398 g/mol. The van der Waals surface area contributed by atoms with E-state index >= 15 is 0 Å². The van der Waals surface area contributed by atoms with Gasteiger partial charge >= 0.3 is 12.0 Å². The summed E-state index contributed by atoms with van der Waals surface area (Å²) in [5.41, 5.74) is 1.14. The Kier molecular flexibility index (Phi) is 6.99. The van der Waals surface area contributed by atoms with Gasteiger partial charge in [-0.3, -0.25) is 9.59 Å². The summed E-state index contributed by atoms with van der Waals surface area (Å²) in [5, 5.41) is 9.91. The zero-order valence-electron chi connectivity index (χ0n) is 16.5. The lowest BCUT2D eigenvalue weighted by Gasteiger charge is -2.28. The predicted molar refractivity (Wildman–Crippen MR) is 108 cm³/mol. The minimum Gasteiger partial charge on any atom is -0.461 e. The van der Waals surface area contributed by atoms with Crippen LogP contribution in [0.25, 0.3) is 11.3 Å². The zero-order valence-corrected chi connectivity index (χ0v) is 16.5. The van der Waals surface area contributed by atoms with Crippen LogP contribution < -0.4 is 16.2 Å². The molecule has 1 saturated carbocycles. The van der Waals surface area contributed by atoms with Crippen molar-refractivity contribution in [2.45, 2.75) is 51.3 Å². The zero-order chi connectivity index (χ0) is 20.6. The Morgan fingerprint density at radius 2 is 1.83 bits per heavy atom. The lowest BCUT2D eigenvalue weighted by atomic mass is 9.93. The number of nitrogens with zero attached hydrogens (tertiary/aromatic N) is 2. The van der Waals surface area contributed by atoms with Crippen molar-refractivity contribution in [3.8, 4) is 11.3 Å². The van der Waals surface area contributed by atoms with Gasteiger partial charge < -0.3 is 15.4 Å². The third kappa shape index (κ3) is 5.91. The number of hydrogen-bond donors (Lipinski definition) is 2. The third-order valence-corrected chi connectivity index (χ3v) is 4.86. The number of carbonyl (C=O) groups is 2. The molecule has 1 aliphatic rings. The Morgan fingerprint density at radius 1 is 1.10 bits per heavy atom. The maximum atomic E-state index is 12.3. The van der Waals surface area contributed by atoms with E-state index in [0.29, 0.717) is 25.1 Å². The highest BCUT2D eigenvalue weighted by atomic mass is 16.5. The van der Waals surface area contributed by atoms with Crippen LogP contribution in [0.4, 0.5) is 4.79 Å². The van der Waals surface area contributed by atoms with E-state index in [1.165, 1.54) is 6.07 Å². The summed E-state index contributed by atoms with van der Waals surface area (Å²) < 4.78 is 6.66. The molecule has 3 rings (SSSR count). The van der Waals surface area contributed by atoms with Gasteiger partial charge in [-0.25, -0.2) is 9.48 Å². The predicted octanol–water partition coefficient (Wildman–Crippen LogP) is 2.08. The fraction of sp³-hybridized carbons (Fsp3) is 0.429. The van der Waals surface area contributed by atoms with Crippen LogP contribution in [-0.2, 0) is 16.1 Å². The Hall–Kier alpha value is -3.16. The maximum Gasteiger partial charge on any atom is 0.328 e. The molecule has 1 fully saturated rings. The van der Waals surface area contributed by atoms with Crippen molar-refractivity contribution in [2.75, 3.05) is 6.54 Å². The lowest BCUT2D eigenvalue weighted by molar-refractivity contribution is -0.151. The fourth-order valence-electron chi connectivity index (χ4n) is 3.39. The summed E-state index contributed by atoms with van der Waals surface area (Å²) in [7, 11) is 0. The number of carbonyl (C=O) groups excluding carboxylic acids is 2. The second-order valence-electron chi connectivity index (χ2n) is 7.05. The molecular formula is C21H26N4O4. The van der Waals surface area contributed by atoms with Gasteiger partial charge in [0.05, 0.1) is 5.69 Å². The second kappa shape index (κ2) is 9.86. The molecule has 0 bridgehead atoms. The molecule has 154 valence electrons. The number of hydrogen-bond acceptors (Lipinski definition) is 5.